The number of rotatable bonds is 5. The number of esters is 1. The number of aromatic nitrogens is 1. The van der Waals surface area contributed by atoms with Crippen LogP contribution in [-0.2, 0) is 9.53 Å². The summed E-state index contributed by atoms with van der Waals surface area (Å²) in [5.74, 6) is -0.835. The number of hydrogen-bond donors (Lipinski definition) is 0. The molecule has 1 unspecified atom stereocenters. The summed E-state index contributed by atoms with van der Waals surface area (Å²) in [6.07, 6.45) is 0.910. The van der Waals surface area contributed by atoms with E-state index < -0.39 is 17.0 Å². The first-order valence-corrected chi connectivity index (χ1v) is 5.89. The summed E-state index contributed by atoms with van der Waals surface area (Å²) in [5.41, 5.74) is 0.514. The second-order valence-corrected chi connectivity index (χ2v) is 4.43. The molecule has 0 amide bonds. The van der Waals surface area contributed by atoms with Gasteiger partial charge in [0.15, 0.2) is 6.10 Å². The number of pyridine rings is 1. The first-order chi connectivity index (χ1) is 9.02. The van der Waals surface area contributed by atoms with Crippen molar-refractivity contribution >= 4 is 11.8 Å². The van der Waals surface area contributed by atoms with Gasteiger partial charge in [0.2, 0.25) is 5.75 Å². The molecule has 102 valence electrons. The molecule has 19 heavy (non-hydrogen) atoms. The van der Waals surface area contributed by atoms with Gasteiger partial charge in [-0.3, -0.25) is 0 Å². The first kappa shape index (κ1) is 13.3. The van der Waals surface area contributed by atoms with Crippen LogP contribution in [0.4, 0.5) is 5.82 Å². The number of carbonyl (C=O) groups is 1. The molecular formula is C12H14N2O5. The van der Waals surface area contributed by atoms with E-state index in [4.69, 9.17) is 4.74 Å². The Balaban J connectivity index is 2.26. The van der Waals surface area contributed by atoms with E-state index in [1.54, 1.807) is 13.0 Å². The largest absolute Gasteiger partial charge is 0.470 e. The molecule has 0 aromatic carbocycles. The van der Waals surface area contributed by atoms with Crippen LogP contribution < -0.4 is 4.74 Å². The van der Waals surface area contributed by atoms with E-state index >= 15 is 0 Å². The van der Waals surface area contributed by atoms with Crippen molar-refractivity contribution in [3.05, 3.63) is 27.9 Å². The van der Waals surface area contributed by atoms with Gasteiger partial charge in [0.25, 0.3) is 0 Å². The van der Waals surface area contributed by atoms with Gasteiger partial charge < -0.3 is 19.6 Å². The number of hydrogen-bond acceptors (Lipinski definition) is 6. The van der Waals surface area contributed by atoms with E-state index in [1.807, 2.05) is 0 Å². The number of nitrogens with zero attached hydrogens (tertiary/aromatic N) is 2. The van der Waals surface area contributed by atoms with Crippen LogP contribution in [0.1, 0.15) is 18.5 Å². The highest BCUT2D eigenvalue weighted by Crippen LogP contribution is 2.37. The van der Waals surface area contributed by atoms with Crippen molar-refractivity contribution in [2.24, 2.45) is 5.92 Å². The van der Waals surface area contributed by atoms with Crippen molar-refractivity contribution in [3.63, 3.8) is 0 Å². The zero-order valence-electron chi connectivity index (χ0n) is 10.7. The Labute approximate surface area is 109 Å². The minimum Gasteiger partial charge on any atom is -0.470 e. The zero-order chi connectivity index (χ0) is 14.0. The lowest BCUT2D eigenvalue weighted by Gasteiger charge is -2.15. The molecule has 1 aromatic heterocycles. The molecule has 1 saturated carbocycles. The quantitative estimate of drug-likeness (QED) is 0.457. The van der Waals surface area contributed by atoms with E-state index in [-0.39, 0.29) is 17.5 Å². The molecule has 1 aromatic rings. The Morgan fingerprint density at radius 3 is 2.74 bits per heavy atom. The summed E-state index contributed by atoms with van der Waals surface area (Å²) in [6.45, 7) is 1.65. The molecule has 1 heterocycles. The van der Waals surface area contributed by atoms with Crippen LogP contribution in [0, 0.1) is 23.0 Å². The smallest absolute Gasteiger partial charge is 0.406 e. The van der Waals surface area contributed by atoms with E-state index in [2.05, 4.69) is 9.72 Å². The minimum absolute atomic E-state index is 0.00194. The highest BCUT2D eigenvalue weighted by atomic mass is 16.6. The standard InChI is InChI=1S/C12H14N2O5/c1-7-3-6-9(11(13-7)14(16)17)19-10(8-4-5-8)12(15)18-2/h3,6,8,10H,4-5H2,1-2H3. The summed E-state index contributed by atoms with van der Waals surface area (Å²) in [4.78, 5) is 25.7. The number of carbonyl (C=O) groups excluding carboxylic acids is 1. The third-order valence-corrected chi connectivity index (χ3v) is 2.89. The van der Waals surface area contributed by atoms with Gasteiger partial charge in [0.1, 0.15) is 5.69 Å². The fourth-order valence-corrected chi connectivity index (χ4v) is 1.74. The predicted octanol–water partition coefficient (Wildman–Crippen LogP) is 1.63. The van der Waals surface area contributed by atoms with E-state index in [0.717, 1.165) is 12.8 Å². The summed E-state index contributed by atoms with van der Waals surface area (Å²) in [6, 6.07) is 3.06. The van der Waals surface area contributed by atoms with E-state index in [0.29, 0.717) is 5.69 Å². The Morgan fingerprint density at radius 2 is 2.21 bits per heavy atom. The first-order valence-electron chi connectivity index (χ1n) is 5.89. The molecule has 0 bridgehead atoms. The fraction of sp³-hybridized carbons (Fsp3) is 0.500. The molecular weight excluding hydrogens is 252 g/mol. The topological polar surface area (TPSA) is 91.6 Å². The average molecular weight is 266 g/mol. The summed E-state index contributed by atoms with van der Waals surface area (Å²) >= 11 is 0. The average Bonchev–Trinajstić information content (AvgIpc) is 3.20. The molecule has 7 heteroatoms. The van der Waals surface area contributed by atoms with E-state index in [1.165, 1.54) is 13.2 Å². The SMILES string of the molecule is COC(=O)C(Oc1ccc(C)nc1[N+](=O)[O-])C1CC1. The maximum absolute atomic E-state index is 11.6. The van der Waals surface area contributed by atoms with Crippen LogP contribution in [0.15, 0.2) is 12.1 Å². The Hall–Kier alpha value is -2.18. The van der Waals surface area contributed by atoms with Crippen LogP contribution in [0.5, 0.6) is 5.75 Å². The Kier molecular flexibility index (Phi) is 3.64. The summed E-state index contributed by atoms with van der Waals surface area (Å²) < 4.78 is 10.1. The second kappa shape index (κ2) is 5.21. The molecule has 0 aliphatic heterocycles. The van der Waals surface area contributed by atoms with Gasteiger partial charge in [0.05, 0.1) is 7.11 Å². The maximum Gasteiger partial charge on any atom is 0.406 e. The molecule has 2 rings (SSSR count). The third-order valence-electron chi connectivity index (χ3n) is 2.89. The number of nitro groups is 1. The van der Waals surface area contributed by atoms with Crippen LogP contribution in [0.2, 0.25) is 0 Å². The lowest BCUT2D eigenvalue weighted by Crippen LogP contribution is -2.31. The number of aryl methyl sites for hydroxylation is 1. The van der Waals surface area contributed by atoms with Crippen LogP contribution in [0.3, 0.4) is 0 Å². The highest BCUT2D eigenvalue weighted by molar-refractivity contribution is 5.76. The maximum atomic E-state index is 11.6. The lowest BCUT2D eigenvalue weighted by atomic mass is 10.2. The monoisotopic (exact) mass is 266 g/mol. The lowest BCUT2D eigenvalue weighted by molar-refractivity contribution is -0.390. The van der Waals surface area contributed by atoms with Crippen molar-refractivity contribution in [1.29, 1.82) is 0 Å². The molecule has 0 N–H and O–H groups in total. The number of ether oxygens (including phenoxy) is 2. The molecule has 1 fully saturated rings. The third kappa shape index (κ3) is 2.98. The van der Waals surface area contributed by atoms with Gasteiger partial charge in [-0.2, -0.15) is 0 Å². The molecule has 1 aliphatic rings. The van der Waals surface area contributed by atoms with Gasteiger partial charge in [-0.05, 0) is 34.9 Å². The van der Waals surface area contributed by atoms with Crippen molar-refractivity contribution in [3.8, 4) is 5.75 Å². The highest BCUT2D eigenvalue weighted by Gasteiger charge is 2.40. The van der Waals surface area contributed by atoms with Crippen molar-refractivity contribution in [2.45, 2.75) is 25.9 Å². The normalized spacial score (nSPS) is 15.7. The molecule has 1 aliphatic carbocycles. The van der Waals surface area contributed by atoms with Crippen molar-refractivity contribution in [1.82, 2.24) is 4.98 Å². The van der Waals surface area contributed by atoms with E-state index in [9.17, 15) is 14.9 Å². The van der Waals surface area contributed by atoms with Crippen LogP contribution in [-0.4, -0.2) is 29.1 Å². The molecule has 0 spiro atoms. The van der Waals surface area contributed by atoms with Gasteiger partial charge >= 0.3 is 11.8 Å². The van der Waals surface area contributed by atoms with Crippen LogP contribution >= 0.6 is 0 Å². The Bertz CT molecular complexity index is 513. The van der Waals surface area contributed by atoms with Gasteiger partial charge in [-0.1, -0.05) is 0 Å². The summed E-state index contributed by atoms with van der Waals surface area (Å²) in [5, 5.41) is 10.9. The van der Waals surface area contributed by atoms with Crippen molar-refractivity contribution in [2.75, 3.05) is 7.11 Å². The Morgan fingerprint density at radius 1 is 1.53 bits per heavy atom. The molecule has 7 nitrogen and oxygen atoms in total. The van der Waals surface area contributed by atoms with Gasteiger partial charge in [-0.25, -0.2) is 4.79 Å². The van der Waals surface area contributed by atoms with Gasteiger partial charge in [-0.15, -0.1) is 0 Å². The second-order valence-electron chi connectivity index (χ2n) is 4.43. The molecule has 1 atom stereocenters. The van der Waals surface area contributed by atoms with Crippen molar-refractivity contribution < 1.29 is 19.2 Å². The fourth-order valence-electron chi connectivity index (χ4n) is 1.74. The zero-order valence-corrected chi connectivity index (χ0v) is 10.7. The molecule has 0 saturated heterocycles. The minimum atomic E-state index is -0.798. The summed E-state index contributed by atoms with van der Waals surface area (Å²) in [7, 11) is 1.27. The number of methoxy groups -OCH3 is 1. The predicted molar refractivity (Wildman–Crippen MR) is 64.8 cm³/mol. The van der Waals surface area contributed by atoms with Gasteiger partial charge in [0, 0.05) is 12.8 Å². The molecule has 0 radical (unpaired) electrons. The van der Waals surface area contributed by atoms with Crippen LogP contribution in [0.25, 0.3) is 0 Å².